The largest absolute Gasteiger partial charge is 0.349 e. The molecule has 0 aromatic heterocycles. The molecule has 3 aromatic carbocycles. The van der Waals surface area contributed by atoms with E-state index < -0.39 is 46.9 Å². The van der Waals surface area contributed by atoms with E-state index in [4.69, 9.17) is 4.74 Å². The molecule has 2 saturated heterocycles. The highest BCUT2D eigenvalue weighted by Crippen LogP contribution is 2.57. The van der Waals surface area contributed by atoms with Crippen LogP contribution in [0.5, 0.6) is 0 Å². The predicted molar refractivity (Wildman–Crippen MR) is 136 cm³/mol. The van der Waals surface area contributed by atoms with Gasteiger partial charge in [0, 0.05) is 14.7 Å². The van der Waals surface area contributed by atoms with Crippen molar-refractivity contribution in [2.45, 2.75) is 25.6 Å². The van der Waals surface area contributed by atoms with Crippen molar-refractivity contribution in [1.29, 1.82) is 0 Å². The Bertz CT molecular complexity index is 1430. The van der Waals surface area contributed by atoms with E-state index in [0.29, 0.717) is 11.3 Å². The molecule has 6 rings (SSSR count). The quantitative estimate of drug-likeness (QED) is 0.253. The Labute approximate surface area is 215 Å². The number of halogens is 1. The molecule has 3 aliphatic rings. The number of fused-ring (bicyclic) bond motifs is 3. The molecule has 1 aliphatic carbocycles. The van der Waals surface area contributed by atoms with Gasteiger partial charge in [-0.2, -0.15) is 0 Å². The molecule has 0 unspecified atom stereocenters. The summed E-state index contributed by atoms with van der Waals surface area (Å²) in [4.78, 5) is 56.5. The van der Waals surface area contributed by atoms with E-state index in [2.05, 4.69) is 22.6 Å². The molecule has 7 heteroatoms. The van der Waals surface area contributed by atoms with Gasteiger partial charge < -0.3 is 4.74 Å². The number of imide groups is 1. The first-order chi connectivity index (χ1) is 16.8. The smallest absolute Gasteiger partial charge is 0.241 e. The molecule has 1 spiro atoms. The fourth-order valence-corrected chi connectivity index (χ4v) is 5.95. The van der Waals surface area contributed by atoms with Crippen LogP contribution in [0.4, 0.5) is 5.69 Å². The zero-order valence-electron chi connectivity index (χ0n) is 18.9. The van der Waals surface area contributed by atoms with Gasteiger partial charge in [-0.15, -0.1) is 0 Å². The Morgan fingerprint density at radius 2 is 1.43 bits per heavy atom. The van der Waals surface area contributed by atoms with Gasteiger partial charge >= 0.3 is 0 Å². The lowest BCUT2D eigenvalue weighted by molar-refractivity contribution is -0.127. The van der Waals surface area contributed by atoms with Gasteiger partial charge in [0.2, 0.25) is 29.0 Å². The van der Waals surface area contributed by atoms with E-state index in [9.17, 15) is 19.2 Å². The van der Waals surface area contributed by atoms with Crippen molar-refractivity contribution in [2.24, 2.45) is 11.8 Å². The van der Waals surface area contributed by atoms with Gasteiger partial charge in [-0.05, 0) is 77.4 Å². The summed E-state index contributed by atoms with van der Waals surface area (Å²) in [5, 5.41) is 0. The maximum atomic E-state index is 13.9. The standard InChI is InChI=1S/C28H20INO5/c1-14-7-12-18(13-15(14)2)30-26(33)21-22(27(30)34)28(35-23(21)16-8-10-17(29)11-9-16)24(31)19-5-3-4-6-20(19)25(28)32/h3-13,21-23H,1-2H3/t21-,22-,23-/m0/s1. The van der Waals surface area contributed by atoms with E-state index in [1.54, 1.807) is 36.4 Å². The number of amides is 2. The van der Waals surface area contributed by atoms with Crippen molar-refractivity contribution in [1.82, 2.24) is 0 Å². The number of benzene rings is 3. The number of carbonyl (C=O) groups excluding carboxylic acids is 4. The zero-order chi connectivity index (χ0) is 24.6. The number of aryl methyl sites for hydroxylation is 2. The molecule has 0 N–H and O–H groups in total. The fourth-order valence-electron chi connectivity index (χ4n) is 5.59. The Balaban J connectivity index is 1.54. The molecule has 6 nitrogen and oxygen atoms in total. The van der Waals surface area contributed by atoms with Crippen molar-refractivity contribution in [3.8, 4) is 0 Å². The molecule has 3 aromatic rings. The van der Waals surface area contributed by atoms with Crippen molar-refractivity contribution < 1.29 is 23.9 Å². The third-order valence-corrected chi connectivity index (χ3v) is 8.19. The maximum Gasteiger partial charge on any atom is 0.241 e. The maximum absolute atomic E-state index is 13.9. The molecule has 2 amide bonds. The molecule has 2 aliphatic heterocycles. The number of ether oxygens (including phenoxy) is 1. The van der Waals surface area contributed by atoms with Crippen molar-refractivity contribution in [3.05, 3.63) is 98.1 Å². The summed E-state index contributed by atoms with van der Waals surface area (Å²) < 4.78 is 7.30. The zero-order valence-corrected chi connectivity index (χ0v) is 21.1. The Kier molecular flexibility index (Phi) is 4.88. The molecule has 2 fully saturated rings. The van der Waals surface area contributed by atoms with Gasteiger partial charge in [0.1, 0.15) is 0 Å². The summed E-state index contributed by atoms with van der Waals surface area (Å²) in [6.45, 7) is 3.86. The Hall–Kier alpha value is -3.17. The molecule has 3 atom stereocenters. The minimum absolute atomic E-state index is 0.226. The number of nitrogens with zero attached hydrogens (tertiary/aromatic N) is 1. The van der Waals surface area contributed by atoms with Gasteiger partial charge in [-0.25, -0.2) is 4.90 Å². The molecular weight excluding hydrogens is 557 g/mol. The normalized spacial score (nSPS) is 24.4. The molecule has 0 bridgehead atoms. The van der Waals surface area contributed by atoms with Gasteiger partial charge in [-0.3, -0.25) is 19.2 Å². The number of carbonyl (C=O) groups is 4. The van der Waals surface area contributed by atoms with Crippen molar-refractivity contribution in [3.63, 3.8) is 0 Å². The molecule has 2 heterocycles. The number of ketones is 2. The summed E-state index contributed by atoms with van der Waals surface area (Å²) in [6, 6.07) is 19.2. The van der Waals surface area contributed by atoms with Crippen LogP contribution >= 0.6 is 22.6 Å². The third-order valence-electron chi connectivity index (χ3n) is 7.47. The number of hydrogen-bond acceptors (Lipinski definition) is 5. The summed E-state index contributed by atoms with van der Waals surface area (Å²) in [5.41, 5.74) is 1.44. The highest BCUT2D eigenvalue weighted by atomic mass is 127. The summed E-state index contributed by atoms with van der Waals surface area (Å²) in [6.07, 6.45) is -0.910. The van der Waals surface area contributed by atoms with Crippen LogP contribution in [0, 0.1) is 29.3 Å². The fraction of sp³-hybridized carbons (Fsp3) is 0.214. The minimum Gasteiger partial charge on any atom is -0.349 e. The van der Waals surface area contributed by atoms with Gasteiger partial charge in [0.15, 0.2) is 0 Å². The second-order valence-corrected chi connectivity index (χ2v) is 10.6. The van der Waals surface area contributed by atoms with E-state index in [1.807, 2.05) is 44.2 Å². The topological polar surface area (TPSA) is 80.8 Å². The number of anilines is 1. The highest BCUT2D eigenvalue weighted by molar-refractivity contribution is 14.1. The molecule has 174 valence electrons. The summed E-state index contributed by atoms with van der Waals surface area (Å²) >= 11 is 2.17. The van der Waals surface area contributed by atoms with Crippen molar-refractivity contribution >= 4 is 51.7 Å². The second-order valence-electron chi connectivity index (χ2n) is 9.31. The van der Waals surface area contributed by atoms with Gasteiger partial charge in [0.05, 0.1) is 23.6 Å². The lowest BCUT2D eigenvalue weighted by atomic mass is 9.77. The first-order valence-electron chi connectivity index (χ1n) is 11.3. The SMILES string of the molecule is Cc1ccc(N2C(=O)[C@H]3[C@@H](C2=O)C2(O[C@H]3c3ccc(I)cc3)C(=O)c3ccccc3C2=O)cc1C. The summed E-state index contributed by atoms with van der Waals surface area (Å²) in [5.74, 6) is -4.38. The molecule has 0 radical (unpaired) electrons. The lowest BCUT2D eigenvalue weighted by Gasteiger charge is -2.27. The second kappa shape index (κ2) is 7.66. The monoisotopic (exact) mass is 577 g/mol. The van der Waals surface area contributed by atoms with Crippen LogP contribution < -0.4 is 4.90 Å². The van der Waals surface area contributed by atoms with Gasteiger partial charge in [-0.1, -0.05) is 42.5 Å². The van der Waals surface area contributed by atoms with Crippen LogP contribution in [0.2, 0.25) is 0 Å². The van der Waals surface area contributed by atoms with Crippen molar-refractivity contribution in [2.75, 3.05) is 4.90 Å². The molecule has 35 heavy (non-hydrogen) atoms. The Morgan fingerprint density at radius 1 is 0.800 bits per heavy atom. The van der Waals surface area contributed by atoms with E-state index in [1.165, 1.54) is 0 Å². The minimum atomic E-state index is -2.05. The number of Topliss-reactive ketones (excluding diaryl/α,β-unsaturated/α-hetero) is 2. The Morgan fingerprint density at radius 3 is 2.03 bits per heavy atom. The summed E-state index contributed by atoms with van der Waals surface area (Å²) in [7, 11) is 0. The predicted octanol–water partition coefficient (Wildman–Crippen LogP) is 4.60. The van der Waals surface area contributed by atoms with Crippen LogP contribution in [-0.4, -0.2) is 29.0 Å². The van der Waals surface area contributed by atoms with Crippen LogP contribution in [0.15, 0.2) is 66.7 Å². The lowest BCUT2D eigenvalue weighted by Crippen LogP contribution is -2.51. The first kappa shape index (κ1) is 22.3. The highest BCUT2D eigenvalue weighted by Gasteiger charge is 2.74. The number of rotatable bonds is 2. The van der Waals surface area contributed by atoms with Crippen LogP contribution in [0.1, 0.15) is 43.5 Å². The average molecular weight is 577 g/mol. The first-order valence-corrected chi connectivity index (χ1v) is 12.4. The van der Waals surface area contributed by atoms with E-state index in [-0.39, 0.29) is 11.1 Å². The van der Waals surface area contributed by atoms with E-state index in [0.717, 1.165) is 19.6 Å². The van der Waals surface area contributed by atoms with Crippen LogP contribution in [0.25, 0.3) is 0 Å². The molecular formula is C28H20INO5. The average Bonchev–Trinajstić information content (AvgIpc) is 3.41. The van der Waals surface area contributed by atoms with Crippen LogP contribution in [0.3, 0.4) is 0 Å². The molecule has 0 saturated carbocycles. The van der Waals surface area contributed by atoms with Crippen LogP contribution in [-0.2, 0) is 14.3 Å². The number of hydrogen-bond donors (Lipinski definition) is 0. The third kappa shape index (κ3) is 2.91. The van der Waals surface area contributed by atoms with E-state index >= 15 is 0 Å². The van der Waals surface area contributed by atoms with Gasteiger partial charge in [0.25, 0.3) is 0 Å².